The maximum Gasteiger partial charge on any atom is 0.331 e. The summed E-state index contributed by atoms with van der Waals surface area (Å²) in [5.41, 5.74) is -0.932. The molecule has 0 saturated carbocycles. The van der Waals surface area contributed by atoms with Crippen molar-refractivity contribution in [1.29, 1.82) is 0 Å². The first kappa shape index (κ1) is 105. The first-order valence-corrected chi connectivity index (χ1v) is 34.1. The number of hydrogen-bond donors (Lipinski definition) is 14. The van der Waals surface area contributed by atoms with Crippen LogP contribution in [0, 0.1) is 16.2 Å². The smallest absolute Gasteiger partial charge is 0.331 e. The van der Waals surface area contributed by atoms with Crippen LogP contribution >= 0.6 is 15.2 Å². The lowest BCUT2D eigenvalue weighted by Gasteiger charge is -2.23. The Morgan fingerprint density at radius 2 is 0.874 bits per heavy atom. The van der Waals surface area contributed by atoms with Crippen molar-refractivity contribution < 1.29 is 158 Å². The molecule has 3 unspecified atom stereocenters. The van der Waals surface area contributed by atoms with Gasteiger partial charge in [-0.1, -0.05) is 92.7 Å². The predicted octanol–water partition coefficient (Wildman–Crippen LogP) is 4.67. The van der Waals surface area contributed by atoms with Crippen LogP contribution in [0.5, 0.6) is 0 Å². The molecule has 0 aliphatic rings. The van der Waals surface area contributed by atoms with E-state index in [-0.39, 0.29) is 107 Å². The zero-order valence-corrected chi connectivity index (χ0v) is 58.6. The number of carbonyl (C=O) groups is 9. The van der Waals surface area contributed by atoms with E-state index in [1.54, 1.807) is 62.3 Å². The second-order valence-corrected chi connectivity index (χ2v) is 28.7. The fraction of sp³-hybridized carbons (Fsp3) is 0.569. The first-order chi connectivity index (χ1) is 42.6. The van der Waals surface area contributed by atoms with Crippen molar-refractivity contribution in [1.82, 2.24) is 0 Å². The van der Waals surface area contributed by atoms with Gasteiger partial charge in [0.05, 0.1) is 102 Å². The van der Waals surface area contributed by atoms with E-state index in [2.05, 4.69) is 57.4 Å². The van der Waals surface area contributed by atoms with E-state index in [1.807, 2.05) is 0 Å². The minimum Gasteiger partial charge on any atom is -0.481 e. The Bertz CT molecular complexity index is 2820. The molecule has 0 radical (unpaired) electrons. The Hall–Kier alpha value is -6.37. The fourth-order valence-corrected chi connectivity index (χ4v) is 9.24. The van der Waals surface area contributed by atoms with Crippen LogP contribution in [0.25, 0.3) is 0 Å². The fourth-order valence-electron chi connectivity index (χ4n) is 5.68. The lowest BCUT2D eigenvalue weighted by Crippen LogP contribution is -2.26. The molecule has 552 valence electrons. The summed E-state index contributed by atoms with van der Waals surface area (Å²) in [5, 5.41) is 67.7. The third kappa shape index (κ3) is 94.1. The highest BCUT2D eigenvalue weighted by atomic mass is 32.2. The quantitative estimate of drug-likeness (QED) is 0.00990. The summed E-state index contributed by atoms with van der Waals surface area (Å²) in [6, 6.07) is 0. The Morgan fingerprint density at radius 1 is 0.505 bits per heavy atom. The average Bonchev–Trinajstić information content (AvgIpc) is 0.996. The molecule has 37 heteroatoms. The summed E-state index contributed by atoms with van der Waals surface area (Å²) in [7, 11) is -16.3. The normalized spacial score (nSPS) is 11.9. The zero-order valence-electron chi connectivity index (χ0n) is 55.2. The monoisotopic (exact) mass is 1450 g/mol. The van der Waals surface area contributed by atoms with Crippen LogP contribution in [-0.2, 0) is 91.5 Å². The maximum absolute atomic E-state index is 11.3. The van der Waals surface area contributed by atoms with Crippen molar-refractivity contribution in [2.45, 2.75) is 126 Å². The van der Waals surface area contributed by atoms with Crippen molar-refractivity contribution in [2.24, 2.45) is 16.2 Å². The topological polar surface area (TPSA) is 576 Å². The van der Waals surface area contributed by atoms with E-state index >= 15 is 0 Å². The summed E-state index contributed by atoms with van der Waals surface area (Å²) < 4.78 is 98.3. The van der Waals surface area contributed by atoms with Gasteiger partial charge in [-0.25, -0.2) is 9.59 Å². The van der Waals surface area contributed by atoms with Crippen molar-refractivity contribution >= 4 is 88.6 Å². The highest BCUT2D eigenvalue weighted by Gasteiger charge is 2.31. The molecule has 0 heterocycles. The molecule has 0 aliphatic heterocycles. The van der Waals surface area contributed by atoms with Gasteiger partial charge in [0, 0.05) is 30.9 Å². The number of ketones is 3. The number of hydrogen-bond acceptors (Lipinski definition) is 22. The molecular weight excluding hydrogens is 1350 g/mol. The minimum atomic E-state index is -4.13. The number of carboxylic acids is 5. The number of aliphatic carboxylic acids is 5. The number of esters is 1. The Morgan fingerprint density at radius 3 is 1.15 bits per heavy atom. The van der Waals surface area contributed by atoms with E-state index in [1.165, 1.54) is 18.2 Å². The maximum atomic E-state index is 11.3. The first-order valence-electron chi connectivity index (χ1n) is 27.3. The van der Waals surface area contributed by atoms with E-state index in [4.69, 9.17) is 83.7 Å². The van der Waals surface area contributed by atoms with Gasteiger partial charge in [-0.05, 0) is 53.7 Å². The van der Waals surface area contributed by atoms with Gasteiger partial charge in [-0.15, -0.1) is 19.7 Å². The molecule has 0 aromatic carbocycles. The minimum absolute atomic E-state index is 0.00597. The summed E-state index contributed by atoms with van der Waals surface area (Å²) in [6.45, 7) is 42.2. The van der Waals surface area contributed by atoms with Crippen LogP contribution in [0.4, 0.5) is 0 Å². The van der Waals surface area contributed by atoms with E-state index < -0.39 is 130 Å². The number of aliphatic hydroxyl groups is 3. The molecule has 0 amide bonds. The summed E-state index contributed by atoms with van der Waals surface area (Å²) in [6.07, 6.45) is 0.892. The van der Waals surface area contributed by atoms with E-state index in [0.717, 1.165) is 6.08 Å². The van der Waals surface area contributed by atoms with Crippen LogP contribution in [0.1, 0.15) is 107 Å². The molecule has 95 heavy (non-hydrogen) atoms. The van der Waals surface area contributed by atoms with Crippen molar-refractivity contribution in [3.63, 3.8) is 0 Å². The largest absolute Gasteiger partial charge is 0.481 e. The number of aliphatic hydroxyl groups excluding tert-OH is 3. The third-order valence-electron chi connectivity index (χ3n) is 9.48. The third-order valence-corrected chi connectivity index (χ3v) is 13.6. The second-order valence-electron chi connectivity index (χ2n) is 22.4. The molecule has 14 N–H and O–H groups in total. The van der Waals surface area contributed by atoms with Crippen molar-refractivity contribution in [2.75, 3.05) is 70.1 Å². The second kappa shape index (κ2) is 54.7. The van der Waals surface area contributed by atoms with Crippen LogP contribution < -0.4 is 0 Å². The molecule has 0 spiro atoms. The number of carboxylic acid groups (broad SMARTS) is 5. The number of ether oxygens (including phenoxy) is 4. The number of rotatable bonds is 40. The SMILES string of the molecule is C=C(C)C(=O)CC(C)(C)CC(=O)O.C=C(C)C(=O)CC(C)(C)CP(=O)(O)O.C=C(C)C(=O)CC(C)(C)CS(=O)(=O)O.C=C(CC(=O)O)C(=O)O.C=CC(=O)OCCC(=O)O.C=CCOCC(O)CC(=O)O.C=CCOCC(O)CP(=O)(O)O.C=CCOCC(O)CS(=O)(=O)O. The van der Waals surface area contributed by atoms with Gasteiger partial charge in [-0.3, -0.25) is 51.8 Å². The zero-order chi connectivity index (χ0) is 77.1. The molecule has 33 nitrogen and oxygen atoms in total. The van der Waals surface area contributed by atoms with E-state index in [0.29, 0.717) is 23.3 Å². The molecule has 0 aromatic heterocycles. The molecule has 0 saturated heterocycles. The van der Waals surface area contributed by atoms with Gasteiger partial charge in [0.2, 0.25) is 0 Å². The van der Waals surface area contributed by atoms with Gasteiger partial charge in [-0.2, -0.15) is 16.8 Å². The van der Waals surface area contributed by atoms with Crippen LogP contribution in [0.3, 0.4) is 0 Å². The highest BCUT2D eigenvalue weighted by molar-refractivity contribution is 7.86. The Balaban J connectivity index is -0.000000152. The van der Waals surface area contributed by atoms with Gasteiger partial charge >= 0.3 is 51.0 Å². The van der Waals surface area contributed by atoms with Crippen LogP contribution in [0.2, 0.25) is 0 Å². The van der Waals surface area contributed by atoms with Crippen LogP contribution in [0.15, 0.2) is 99.2 Å². The number of Topliss-reactive ketones (excluding diaryl/α,β-unsaturated/α-hetero) is 3. The van der Waals surface area contributed by atoms with Gasteiger partial charge in [0.25, 0.3) is 20.2 Å². The molecule has 0 rings (SSSR count). The van der Waals surface area contributed by atoms with Crippen LogP contribution in [-0.4, -0.2) is 228 Å². The molecular formula is C58H100O33P2S2. The molecule has 0 aromatic rings. The molecule has 0 aliphatic carbocycles. The molecule has 0 fully saturated rings. The van der Waals surface area contributed by atoms with Crippen molar-refractivity contribution in [3.05, 3.63) is 99.2 Å². The van der Waals surface area contributed by atoms with Gasteiger partial charge in [0.1, 0.15) is 12.4 Å². The lowest BCUT2D eigenvalue weighted by atomic mass is 9.83. The van der Waals surface area contributed by atoms with E-state index in [9.17, 15) is 69.1 Å². The Labute approximate surface area is 555 Å². The Kier molecular flexibility index (Phi) is 60.3. The average molecular weight is 1450 g/mol. The van der Waals surface area contributed by atoms with Crippen molar-refractivity contribution in [3.8, 4) is 0 Å². The molecule has 0 bridgehead atoms. The summed E-state index contributed by atoms with van der Waals surface area (Å²) in [4.78, 5) is 128. The lowest BCUT2D eigenvalue weighted by molar-refractivity contribution is -0.143. The highest BCUT2D eigenvalue weighted by Crippen LogP contribution is 2.43. The summed E-state index contributed by atoms with van der Waals surface area (Å²) in [5.74, 6) is -7.45. The predicted molar refractivity (Wildman–Crippen MR) is 349 cm³/mol. The molecule has 3 atom stereocenters. The van der Waals surface area contributed by atoms with Gasteiger partial charge in [0.15, 0.2) is 17.3 Å². The summed E-state index contributed by atoms with van der Waals surface area (Å²) >= 11 is 0. The standard InChI is InChI=1S/C10H16O3.C9H17O4P.C9H16O4S.C7H12O4.C6H13O5P.C6H12O5S.C6H8O4.C5H6O4/c1-7(2)8(11)5-10(3,4)6-9(12)13;2*1-7(2)8(10)5-9(3,4)6-14(11,12)13;1-2-3-11-5-6(8)4-7(9)10;2*1-2-3-11-4-6(7)5-12(8,9)10;1-2-6(9)10-4-3-5(7)8;1-3(5(8)9)2-4(6)7/h1,5-6H2,2-4H3,(H,12,13);1,5-6H2,2-4H3,(H2,11,12,13);1,5-6H2,2-4H3,(H,11,12,13);2,6,8H,1,3-5H2,(H,9,10);2,6-7H,1,3-5H2,(H2,8,9,10);2,6-7H,1,3-5H2,(H,8,9,10);2H,1,3-4H2,(H,7,8);1-2H2,(H,6,7)(H,8,9). The number of carbonyl (C=O) groups excluding carboxylic acids is 4. The number of allylic oxidation sites excluding steroid dienone is 3. The van der Waals surface area contributed by atoms with Gasteiger partial charge < -0.3 is 79.4 Å².